The van der Waals surface area contributed by atoms with Gasteiger partial charge in [-0.05, 0) is 42.7 Å². The minimum atomic E-state index is -0.611. The normalized spacial score (nSPS) is 12.5. The Hall–Kier alpha value is -4.14. The molecule has 170 valence electrons. The number of fused-ring (bicyclic) bond motifs is 1. The van der Waals surface area contributed by atoms with E-state index in [1.165, 1.54) is 17.7 Å². The Morgan fingerprint density at radius 2 is 1.76 bits per heavy atom. The van der Waals surface area contributed by atoms with E-state index >= 15 is 0 Å². The highest BCUT2D eigenvalue weighted by atomic mass is 16.5. The predicted octanol–water partition coefficient (Wildman–Crippen LogP) is 1.54. The quantitative estimate of drug-likeness (QED) is 0.533. The van der Waals surface area contributed by atoms with E-state index < -0.39 is 5.91 Å². The van der Waals surface area contributed by atoms with Crippen molar-refractivity contribution in [2.75, 3.05) is 24.6 Å². The van der Waals surface area contributed by atoms with Gasteiger partial charge in [-0.3, -0.25) is 25.2 Å². The second kappa shape index (κ2) is 10.4. The maximum absolute atomic E-state index is 12.4. The van der Waals surface area contributed by atoms with Crippen LogP contribution in [0, 0.1) is 0 Å². The number of benzene rings is 2. The number of para-hydroxylation sites is 2. The molecule has 2 heterocycles. The molecule has 0 atom stereocenters. The molecule has 0 saturated heterocycles. The number of nitrogens with zero attached hydrogens (tertiary/aromatic N) is 3. The number of nitrogens with one attached hydrogen (secondary N) is 2. The zero-order valence-electron chi connectivity index (χ0n) is 18.1. The number of amides is 2. The van der Waals surface area contributed by atoms with Crippen LogP contribution in [0.3, 0.4) is 0 Å². The van der Waals surface area contributed by atoms with E-state index in [-0.39, 0.29) is 36.9 Å². The van der Waals surface area contributed by atoms with Crippen LogP contribution < -0.4 is 26.0 Å². The molecule has 0 spiro atoms. The summed E-state index contributed by atoms with van der Waals surface area (Å²) >= 11 is 0. The highest BCUT2D eigenvalue weighted by Crippen LogP contribution is 2.26. The molecule has 0 radical (unpaired) electrons. The van der Waals surface area contributed by atoms with Crippen LogP contribution in [0.25, 0.3) is 0 Å². The molecular weight excluding hydrogens is 422 g/mol. The van der Waals surface area contributed by atoms with Gasteiger partial charge in [-0.1, -0.05) is 36.4 Å². The van der Waals surface area contributed by atoms with Gasteiger partial charge in [0.05, 0.1) is 13.1 Å². The van der Waals surface area contributed by atoms with Crippen molar-refractivity contribution in [3.05, 3.63) is 88.3 Å². The van der Waals surface area contributed by atoms with Gasteiger partial charge in [0, 0.05) is 18.3 Å². The monoisotopic (exact) mass is 447 g/mol. The van der Waals surface area contributed by atoms with Gasteiger partial charge in [-0.25, -0.2) is 4.68 Å². The van der Waals surface area contributed by atoms with Crippen molar-refractivity contribution < 1.29 is 14.3 Å². The van der Waals surface area contributed by atoms with Crippen LogP contribution in [0.1, 0.15) is 22.5 Å². The largest absolute Gasteiger partial charge is 0.492 e. The van der Waals surface area contributed by atoms with Gasteiger partial charge < -0.3 is 9.64 Å². The molecule has 0 bridgehead atoms. The summed E-state index contributed by atoms with van der Waals surface area (Å²) in [5.74, 6) is -0.275. The Bertz CT molecular complexity index is 1180. The third-order valence-electron chi connectivity index (χ3n) is 5.27. The lowest BCUT2D eigenvalue weighted by Crippen LogP contribution is -2.47. The number of rotatable bonds is 7. The highest BCUT2D eigenvalue weighted by molar-refractivity contribution is 5.94. The van der Waals surface area contributed by atoms with Crippen LogP contribution in [0.2, 0.25) is 0 Å². The summed E-state index contributed by atoms with van der Waals surface area (Å²) in [5.41, 5.74) is 6.70. The number of hydrogen-bond acceptors (Lipinski definition) is 6. The maximum atomic E-state index is 12.4. The first-order chi connectivity index (χ1) is 16.1. The van der Waals surface area contributed by atoms with E-state index in [9.17, 15) is 14.4 Å². The molecule has 1 aromatic heterocycles. The number of anilines is 1. The Labute approximate surface area is 191 Å². The van der Waals surface area contributed by atoms with Crippen LogP contribution in [0.15, 0.2) is 71.5 Å². The second-order valence-electron chi connectivity index (χ2n) is 7.60. The zero-order valence-corrected chi connectivity index (χ0v) is 18.1. The molecule has 0 aliphatic carbocycles. The van der Waals surface area contributed by atoms with Gasteiger partial charge in [0.2, 0.25) is 0 Å². The Balaban J connectivity index is 1.30. The molecular formula is C24H25N5O4. The van der Waals surface area contributed by atoms with E-state index in [4.69, 9.17) is 4.74 Å². The lowest BCUT2D eigenvalue weighted by molar-refractivity contribution is -0.120. The number of carbonyl (C=O) groups excluding carboxylic acids is 2. The Morgan fingerprint density at radius 1 is 0.970 bits per heavy atom. The van der Waals surface area contributed by atoms with E-state index in [2.05, 4.69) is 22.0 Å². The first-order valence-corrected chi connectivity index (χ1v) is 10.8. The van der Waals surface area contributed by atoms with Gasteiger partial charge in [-0.2, -0.15) is 5.10 Å². The average Bonchev–Trinajstić information content (AvgIpc) is 2.84. The van der Waals surface area contributed by atoms with E-state index in [1.54, 1.807) is 0 Å². The molecule has 0 unspecified atom stereocenters. The molecule has 33 heavy (non-hydrogen) atoms. The number of hydrazine groups is 1. The third kappa shape index (κ3) is 5.76. The molecule has 2 aromatic carbocycles. The summed E-state index contributed by atoms with van der Waals surface area (Å²) in [6.45, 7) is 1.29. The molecule has 0 saturated carbocycles. The van der Waals surface area contributed by atoms with E-state index in [0.29, 0.717) is 5.75 Å². The summed E-state index contributed by atoms with van der Waals surface area (Å²) in [6, 6.07) is 19.8. The van der Waals surface area contributed by atoms with Crippen molar-refractivity contribution in [2.45, 2.75) is 19.4 Å². The maximum Gasteiger partial charge on any atom is 0.290 e. The average molecular weight is 447 g/mol. The van der Waals surface area contributed by atoms with E-state index in [1.807, 2.05) is 53.4 Å². The van der Waals surface area contributed by atoms with Crippen molar-refractivity contribution in [1.29, 1.82) is 0 Å². The highest BCUT2D eigenvalue weighted by Gasteiger charge is 2.19. The van der Waals surface area contributed by atoms with E-state index in [0.717, 1.165) is 29.8 Å². The molecule has 2 amide bonds. The SMILES string of the molecule is O=C(CN1CCCc2ccccc21)NNC(=O)c1ccc(=O)n(CCOc2ccccc2)n1. The first-order valence-electron chi connectivity index (χ1n) is 10.8. The van der Waals surface area contributed by atoms with Crippen molar-refractivity contribution in [2.24, 2.45) is 0 Å². The number of hydrogen-bond donors (Lipinski definition) is 2. The lowest BCUT2D eigenvalue weighted by Gasteiger charge is -2.30. The van der Waals surface area contributed by atoms with Crippen molar-refractivity contribution in [1.82, 2.24) is 20.6 Å². The van der Waals surface area contributed by atoms with Crippen molar-refractivity contribution >= 4 is 17.5 Å². The topological polar surface area (TPSA) is 106 Å². The van der Waals surface area contributed by atoms with Crippen molar-refractivity contribution in [3.63, 3.8) is 0 Å². The van der Waals surface area contributed by atoms with Crippen LogP contribution >= 0.6 is 0 Å². The standard InChI is InChI=1S/C24H25N5O4/c30-22(17-28-14-6-8-18-7-4-5-11-21(18)28)25-26-24(32)20-12-13-23(31)29(27-20)15-16-33-19-9-2-1-3-10-19/h1-5,7,9-13H,6,8,14-17H2,(H,25,30)(H,26,32). The summed E-state index contributed by atoms with van der Waals surface area (Å²) in [4.78, 5) is 38.9. The summed E-state index contributed by atoms with van der Waals surface area (Å²) in [6.07, 6.45) is 1.96. The zero-order chi connectivity index (χ0) is 23.0. The van der Waals surface area contributed by atoms with Crippen molar-refractivity contribution in [3.8, 4) is 5.75 Å². The van der Waals surface area contributed by atoms with Gasteiger partial charge in [0.25, 0.3) is 17.4 Å². The first kappa shape index (κ1) is 22.1. The Morgan fingerprint density at radius 3 is 2.61 bits per heavy atom. The number of aromatic nitrogens is 2. The second-order valence-corrected chi connectivity index (χ2v) is 7.60. The minimum absolute atomic E-state index is 0.0120. The van der Waals surface area contributed by atoms with Crippen LogP contribution in [0.5, 0.6) is 5.75 Å². The minimum Gasteiger partial charge on any atom is -0.492 e. The number of aryl methyl sites for hydroxylation is 1. The predicted molar refractivity (Wildman–Crippen MR) is 123 cm³/mol. The van der Waals surface area contributed by atoms with Crippen LogP contribution in [-0.2, 0) is 17.8 Å². The number of carbonyl (C=O) groups is 2. The Kier molecular flexibility index (Phi) is 6.99. The fraction of sp³-hybridized carbons (Fsp3) is 0.250. The summed E-state index contributed by atoms with van der Waals surface area (Å²) in [5, 5.41) is 4.08. The third-order valence-corrected chi connectivity index (χ3v) is 5.27. The lowest BCUT2D eigenvalue weighted by atomic mass is 10.0. The number of ether oxygens (including phenoxy) is 1. The molecule has 1 aliphatic rings. The molecule has 4 rings (SSSR count). The molecule has 2 N–H and O–H groups in total. The molecule has 0 fully saturated rings. The summed E-state index contributed by atoms with van der Waals surface area (Å²) < 4.78 is 6.74. The van der Waals surface area contributed by atoms with Crippen LogP contribution in [0.4, 0.5) is 5.69 Å². The fourth-order valence-electron chi connectivity index (χ4n) is 3.68. The van der Waals surface area contributed by atoms with Gasteiger partial charge in [0.15, 0.2) is 5.69 Å². The van der Waals surface area contributed by atoms with Gasteiger partial charge >= 0.3 is 0 Å². The van der Waals surface area contributed by atoms with Crippen LogP contribution in [-0.4, -0.2) is 41.3 Å². The van der Waals surface area contributed by atoms with Gasteiger partial charge in [0.1, 0.15) is 12.4 Å². The van der Waals surface area contributed by atoms with Gasteiger partial charge in [-0.15, -0.1) is 0 Å². The molecule has 1 aliphatic heterocycles. The summed E-state index contributed by atoms with van der Waals surface area (Å²) in [7, 11) is 0. The molecule has 3 aromatic rings. The molecule has 9 heteroatoms. The smallest absolute Gasteiger partial charge is 0.290 e. The fourth-order valence-corrected chi connectivity index (χ4v) is 3.68. The molecule has 9 nitrogen and oxygen atoms in total.